The van der Waals surface area contributed by atoms with E-state index in [-0.39, 0.29) is 0 Å². The van der Waals surface area contributed by atoms with Gasteiger partial charge in [-0.05, 0) is 30.7 Å². The fraction of sp³-hybridized carbons (Fsp3) is 0.143. The minimum atomic E-state index is -1.17. The average molecular weight is 280 g/mol. The first-order valence-electron chi connectivity index (χ1n) is 5.55. The standard InChI is InChI=1S/C14H14ClNOS/c1-10-2-4-11(5-3-10)9-18(17)14-8-12(16)6-7-13(14)15/h2-8H,9,16H2,1H3. The van der Waals surface area contributed by atoms with Crippen LogP contribution in [0.2, 0.25) is 5.02 Å². The molecule has 0 aliphatic heterocycles. The summed E-state index contributed by atoms with van der Waals surface area (Å²) in [6.07, 6.45) is 0. The Labute approximate surface area is 114 Å². The Morgan fingerprint density at radius 2 is 1.83 bits per heavy atom. The van der Waals surface area contributed by atoms with E-state index in [0.29, 0.717) is 21.4 Å². The summed E-state index contributed by atoms with van der Waals surface area (Å²) in [7, 11) is -1.17. The van der Waals surface area contributed by atoms with E-state index in [0.717, 1.165) is 5.56 Å². The van der Waals surface area contributed by atoms with Gasteiger partial charge in [0.2, 0.25) is 0 Å². The fourth-order valence-corrected chi connectivity index (χ4v) is 3.19. The van der Waals surface area contributed by atoms with Crippen molar-refractivity contribution in [3.63, 3.8) is 0 Å². The van der Waals surface area contributed by atoms with Crippen LogP contribution in [-0.2, 0) is 16.6 Å². The summed E-state index contributed by atoms with van der Waals surface area (Å²) in [5, 5.41) is 0.495. The van der Waals surface area contributed by atoms with E-state index in [2.05, 4.69) is 0 Å². The Kier molecular flexibility index (Phi) is 4.04. The van der Waals surface area contributed by atoms with Gasteiger partial charge in [0.25, 0.3) is 0 Å². The first-order valence-corrected chi connectivity index (χ1v) is 7.25. The normalized spacial score (nSPS) is 12.3. The molecule has 0 fully saturated rings. The van der Waals surface area contributed by atoms with Gasteiger partial charge in [0.1, 0.15) is 0 Å². The zero-order chi connectivity index (χ0) is 13.1. The fourth-order valence-electron chi connectivity index (χ4n) is 1.61. The third-order valence-electron chi connectivity index (χ3n) is 2.62. The highest BCUT2D eigenvalue weighted by Gasteiger charge is 2.10. The highest BCUT2D eigenvalue weighted by atomic mass is 35.5. The number of rotatable bonds is 3. The predicted molar refractivity (Wildman–Crippen MR) is 77.2 cm³/mol. The van der Waals surface area contributed by atoms with Crippen molar-refractivity contribution in [3.8, 4) is 0 Å². The number of hydrogen-bond donors (Lipinski definition) is 1. The molecule has 0 amide bonds. The largest absolute Gasteiger partial charge is 0.399 e. The molecule has 2 aromatic rings. The monoisotopic (exact) mass is 279 g/mol. The summed E-state index contributed by atoms with van der Waals surface area (Å²) in [4.78, 5) is 0.595. The summed E-state index contributed by atoms with van der Waals surface area (Å²) in [5.41, 5.74) is 8.47. The molecule has 0 heterocycles. The van der Waals surface area contributed by atoms with E-state index in [1.807, 2.05) is 31.2 Å². The number of hydrogen-bond acceptors (Lipinski definition) is 2. The van der Waals surface area contributed by atoms with Crippen molar-refractivity contribution < 1.29 is 4.21 Å². The molecule has 0 saturated heterocycles. The number of anilines is 1. The van der Waals surface area contributed by atoms with Crippen molar-refractivity contribution >= 4 is 28.1 Å². The number of nitrogen functional groups attached to an aromatic ring is 1. The van der Waals surface area contributed by atoms with Crippen LogP contribution in [0, 0.1) is 6.92 Å². The van der Waals surface area contributed by atoms with Gasteiger partial charge in [-0.15, -0.1) is 0 Å². The molecule has 0 radical (unpaired) electrons. The van der Waals surface area contributed by atoms with Crippen molar-refractivity contribution in [1.29, 1.82) is 0 Å². The Bertz CT molecular complexity index is 581. The molecule has 2 N–H and O–H groups in total. The van der Waals surface area contributed by atoms with Crippen LogP contribution in [0.3, 0.4) is 0 Å². The Balaban J connectivity index is 2.21. The molecule has 0 bridgehead atoms. The molecule has 0 aromatic heterocycles. The second-order valence-electron chi connectivity index (χ2n) is 4.17. The zero-order valence-electron chi connectivity index (χ0n) is 10.0. The minimum absolute atomic E-state index is 0.448. The van der Waals surface area contributed by atoms with Gasteiger partial charge < -0.3 is 5.73 Å². The SMILES string of the molecule is Cc1ccc(CS(=O)c2cc(N)ccc2Cl)cc1. The second-order valence-corrected chi connectivity index (χ2v) is 5.99. The van der Waals surface area contributed by atoms with Crippen molar-refractivity contribution in [2.45, 2.75) is 17.6 Å². The lowest BCUT2D eigenvalue weighted by Gasteiger charge is -2.06. The Morgan fingerprint density at radius 3 is 2.50 bits per heavy atom. The molecule has 94 valence electrons. The molecule has 0 spiro atoms. The zero-order valence-corrected chi connectivity index (χ0v) is 11.6. The van der Waals surface area contributed by atoms with E-state index < -0.39 is 10.8 Å². The van der Waals surface area contributed by atoms with E-state index >= 15 is 0 Å². The minimum Gasteiger partial charge on any atom is -0.399 e. The number of benzene rings is 2. The lowest BCUT2D eigenvalue weighted by molar-refractivity contribution is 0.682. The summed E-state index contributed by atoms with van der Waals surface area (Å²) in [5.74, 6) is 0.448. The van der Waals surface area contributed by atoms with Gasteiger partial charge in [-0.1, -0.05) is 41.4 Å². The van der Waals surface area contributed by atoms with Crippen molar-refractivity contribution in [3.05, 3.63) is 58.6 Å². The van der Waals surface area contributed by atoms with E-state index in [4.69, 9.17) is 17.3 Å². The molecular weight excluding hydrogens is 266 g/mol. The summed E-state index contributed by atoms with van der Waals surface area (Å²) >= 11 is 6.03. The maximum Gasteiger partial charge on any atom is 0.0598 e. The van der Waals surface area contributed by atoms with Crippen molar-refractivity contribution in [2.24, 2.45) is 0 Å². The van der Waals surface area contributed by atoms with E-state index in [9.17, 15) is 4.21 Å². The molecule has 4 heteroatoms. The molecule has 0 saturated carbocycles. The third kappa shape index (κ3) is 3.12. The van der Waals surface area contributed by atoms with Crippen LogP contribution in [0.1, 0.15) is 11.1 Å². The Morgan fingerprint density at radius 1 is 1.17 bits per heavy atom. The predicted octanol–water partition coefficient (Wildman–Crippen LogP) is 3.54. The van der Waals surface area contributed by atoms with Gasteiger partial charge in [0.15, 0.2) is 0 Å². The van der Waals surface area contributed by atoms with Crippen LogP contribution in [-0.4, -0.2) is 4.21 Å². The van der Waals surface area contributed by atoms with Crippen LogP contribution in [0.25, 0.3) is 0 Å². The van der Waals surface area contributed by atoms with Crippen LogP contribution in [0.4, 0.5) is 5.69 Å². The molecule has 2 aromatic carbocycles. The quantitative estimate of drug-likeness (QED) is 0.874. The first-order chi connectivity index (χ1) is 8.56. The topological polar surface area (TPSA) is 43.1 Å². The highest BCUT2D eigenvalue weighted by Crippen LogP contribution is 2.24. The maximum atomic E-state index is 12.2. The van der Waals surface area contributed by atoms with Crippen LogP contribution < -0.4 is 5.73 Å². The molecule has 2 nitrogen and oxygen atoms in total. The number of aryl methyl sites for hydroxylation is 1. The van der Waals surface area contributed by atoms with Crippen molar-refractivity contribution in [1.82, 2.24) is 0 Å². The van der Waals surface area contributed by atoms with Crippen LogP contribution in [0.15, 0.2) is 47.4 Å². The van der Waals surface area contributed by atoms with Crippen LogP contribution >= 0.6 is 11.6 Å². The van der Waals surface area contributed by atoms with E-state index in [1.165, 1.54) is 5.56 Å². The van der Waals surface area contributed by atoms with Crippen LogP contribution in [0.5, 0.6) is 0 Å². The number of halogens is 1. The highest BCUT2D eigenvalue weighted by molar-refractivity contribution is 7.84. The van der Waals surface area contributed by atoms with Gasteiger partial charge in [-0.3, -0.25) is 4.21 Å². The van der Waals surface area contributed by atoms with Crippen molar-refractivity contribution in [2.75, 3.05) is 5.73 Å². The molecule has 1 atom stereocenters. The summed E-state index contributed by atoms with van der Waals surface area (Å²) in [6, 6.07) is 13.0. The molecule has 0 aliphatic carbocycles. The lowest BCUT2D eigenvalue weighted by atomic mass is 10.2. The van der Waals surface area contributed by atoms with Gasteiger partial charge in [0, 0.05) is 5.69 Å². The summed E-state index contributed by atoms with van der Waals surface area (Å²) < 4.78 is 12.2. The smallest absolute Gasteiger partial charge is 0.0598 e. The molecule has 0 aliphatic rings. The van der Waals surface area contributed by atoms with E-state index in [1.54, 1.807) is 18.2 Å². The van der Waals surface area contributed by atoms with Gasteiger partial charge in [-0.25, -0.2) is 0 Å². The third-order valence-corrected chi connectivity index (χ3v) is 4.48. The Hall–Kier alpha value is -1.32. The van der Waals surface area contributed by atoms with Gasteiger partial charge in [0.05, 0.1) is 26.5 Å². The molecule has 1 unspecified atom stereocenters. The number of nitrogens with two attached hydrogens (primary N) is 1. The molecular formula is C14H14ClNOS. The lowest BCUT2D eigenvalue weighted by Crippen LogP contribution is -1.98. The second kappa shape index (κ2) is 5.55. The molecule has 2 rings (SSSR count). The summed E-state index contributed by atoms with van der Waals surface area (Å²) in [6.45, 7) is 2.02. The average Bonchev–Trinajstić information content (AvgIpc) is 2.35. The molecule has 18 heavy (non-hydrogen) atoms. The van der Waals surface area contributed by atoms with Gasteiger partial charge in [-0.2, -0.15) is 0 Å². The maximum absolute atomic E-state index is 12.2. The first kappa shape index (κ1) is 13.1. The van der Waals surface area contributed by atoms with Gasteiger partial charge >= 0.3 is 0 Å².